The first kappa shape index (κ1) is 14.3. The van der Waals surface area contributed by atoms with E-state index in [1.807, 2.05) is 0 Å². The largest absolute Gasteiger partial charge is 0.385 e. The standard InChI is InChI=1S/C14H28N2O2/c1-16(6-9-18-8-3-7-17-2)14-10-12-4-5-13(11-14)15-12/h12-15H,3-11H2,1-2H3. The van der Waals surface area contributed by atoms with Gasteiger partial charge in [-0.15, -0.1) is 0 Å². The summed E-state index contributed by atoms with van der Waals surface area (Å²) < 4.78 is 10.6. The minimum atomic E-state index is 0.756. The van der Waals surface area contributed by atoms with Gasteiger partial charge in [0.1, 0.15) is 0 Å². The number of hydrogen-bond donors (Lipinski definition) is 1. The fraction of sp³-hybridized carbons (Fsp3) is 1.00. The van der Waals surface area contributed by atoms with E-state index in [1.165, 1.54) is 25.7 Å². The van der Waals surface area contributed by atoms with Gasteiger partial charge >= 0.3 is 0 Å². The minimum Gasteiger partial charge on any atom is -0.385 e. The molecule has 0 radical (unpaired) electrons. The average molecular weight is 256 g/mol. The predicted octanol–water partition coefficient (Wildman–Crippen LogP) is 1.25. The number of fused-ring (bicyclic) bond motifs is 2. The molecule has 1 N–H and O–H groups in total. The number of nitrogens with zero attached hydrogens (tertiary/aromatic N) is 1. The topological polar surface area (TPSA) is 33.7 Å². The number of piperidine rings is 1. The zero-order valence-electron chi connectivity index (χ0n) is 11.9. The van der Waals surface area contributed by atoms with Gasteiger partial charge in [-0.2, -0.15) is 0 Å². The highest BCUT2D eigenvalue weighted by molar-refractivity contribution is 4.95. The summed E-state index contributed by atoms with van der Waals surface area (Å²) in [5.74, 6) is 0. The Labute approximate surface area is 111 Å². The normalized spacial score (nSPS) is 31.2. The van der Waals surface area contributed by atoms with E-state index in [-0.39, 0.29) is 0 Å². The van der Waals surface area contributed by atoms with E-state index in [2.05, 4.69) is 17.3 Å². The molecule has 2 atom stereocenters. The Morgan fingerprint density at radius 2 is 1.83 bits per heavy atom. The molecular weight excluding hydrogens is 228 g/mol. The Bertz CT molecular complexity index is 226. The quantitative estimate of drug-likeness (QED) is 0.663. The molecule has 2 unspecified atom stereocenters. The van der Waals surface area contributed by atoms with Gasteiger partial charge in [0.25, 0.3) is 0 Å². The van der Waals surface area contributed by atoms with Crippen LogP contribution in [0.15, 0.2) is 0 Å². The summed E-state index contributed by atoms with van der Waals surface area (Å²) in [5, 5.41) is 3.69. The highest BCUT2D eigenvalue weighted by atomic mass is 16.5. The third-order valence-electron chi connectivity index (χ3n) is 4.30. The number of methoxy groups -OCH3 is 1. The van der Waals surface area contributed by atoms with Crippen molar-refractivity contribution in [2.24, 2.45) is 0 Å². The van der Waals surface area contributed by atoms with Gasteiger partial charge in [-0.1, -0.05) is 0 Å². The molecule has 106 valence electrons. The average Bonchev–Trinajstić information content (AvgIpc) is 2.72. The third-order valence-corrected chi connectivity index (χ3v) is 4.30. The van der Waals surface area contributed by atoms with Gasteiger partial charge in [-0.25, -0.2) is 0 Å². The maximum atomic E-state index is 5.63. The van der Waals surface area contributed by atoms with E-state index in [9.17, 15) is 0 Å². The summed E-state index contributed by atoms with van der Waals surface area (Å²) in [6.45, 7) is 3.52. The first-order valence-corrected chi connectivity index (χ1v) is 7.32. The molecule has 2 aliphatic heterocycles. The molecule has 2 bridgehead atoms. The minimum absolute atomic E-state index is 0.756. The van der Waals surface area contributed by atoms with Crippen molar-refractivity contribution < 1.29 is 9.47 Å². The lowest BCUT2D eigenvalue weighted by atomic mass is 9.99. The first-order valence-electron chi connectivity index (χ1n) is 7.32. The zero-order chi connectivity index (χ0) is 12.8. The van der Waals surface area contributed by atoms with Gasteiger partial charge in [0, 0.05) is 45.0 Å². The van der Waals surface area contributed by atoms with Gasteiger partial charge < -0.3 is 19.7 Å². The van der Waals surface area contributed by atoms with E-state index < -0.39 is 0 Å². The Morgan fingerprint density at radius 1 is 1.11 bits per heavy atom. The van der Waals surface area contributed by atoms with E-state index >= 15 is 0 Å². The molecule has 2 fully saturated rings. The van der Waals surface area contributed by atoms with Crippen LogP contribution in [0, 0.1) is 0 Å². The lowest BCUT2D eigenvalue weighted by Gasteiger charge is -2.35. The van der Waals surface area contributed by atoms with Gasteiger partial charge in [0.15, 0.2) is 0 Å². The molecule has 18 heavy (non-hydrogen) atoms. The fourth-order valence-corrected chi connectivity index (χ4v) is 3.19. The number of likely N-dealkylation sites (N-methyl/N-ethyl adjacent to an activating group) is 1. The monoisotopic (exact) mass is 256 g/mol. The molecular formula is C14H28N2O2. The lowest BCUT2D eigenvalue weighted by molar-refractivity contribution is 0.0722. The van der Waals surface area contributed by atoms with Crippen LogP contribution in [0.4, 0.5) is 0 Å². The maximum absolute atomic E-state index is 5.63. The van der Waals surface area contributed by atoms with E-state index in [0.717, 1.165) is 50.9 Å². The highest BCUT2D eigenvalue weighted by Crippen LogP contribution is 2.28. The Morgan fingerprint density at radius 3 is 2.50 bits per heavy atom. The summed E-state index contributed by atoms with van der Waals surface area (Å²) in [6, 6.07) is 2.31. The second-order valence-corrected chi connectivity index (χ2v) is 5.70. The molecule has 2 rings (SSSR count). The SMILES string of the molecule is COCCCOCCN(C)C1CC2CCC(C1)N2. The zero-order valence-corrected chi connectivity index (χ0v) is 11.9. The van der Waals surface area contributed by atoms with Crippen molar-refractivity contribution in [3.8, 4) is 0 Å². The number of hydrogen-bond acceptors (Lipinski definition) is 4. The van der Waals surface area contributed by atoms with Crippen LogP contribution in [0.5, 0.6) is 0 Å². The summed E-state index contributed by atoms with van der Waals surface area (Å²) >= 11 is 0. The molecule has 2 aliphatic rings. The van der Waals surface area contributed by atoms with Crippen LogP contribution in [-0.4, -0.2) is 63.5 Å². The van der Waals surface area contributed by atoms with Crippen LogP contribution in [0.1, 0.15) is 32.1 Å². The molecule has 0 aliphatic carbocycles. The third kappa shape index (κ3) is 4.19. The molecule has 0 saturated carbocycles. The van der Waals surface area contributed by atoms with Crippen molar-refractivity contribution in [1.29, 1.82) is 0 Å². The molecule has 0 aromatic carbocycles. The van der Waals surface area contributed by atoms with Crippen molar-refractivity contribution >= 4 is 0 Å². The molecule has 4 heteroatoms. The van der Waals surface area contributed by atoms with Gasteiger partial charge in [0.2, 0.25) is 0 Å². The predicted molar refractivity (Wildman–Crippen MR) is 72.9 cm³/mol. The molecule has 4 nitrogen and oxygen atoms in total. The highest BCUT2D eigenvalue weighted by Gasteiger charge is 2.34. The van der Waals surface area contributed by atoms with Crippen molar-refractivity contribution in [3.63, 3.8) is 0 Å². The second-order valence-electron chi connectivity index (χ2n) is 5.70. The second kappa shape index (κ2) is 7.43. The van der Waals surface area contributed by atoms with Crippen LogP contribution in [0.25, 0.3) is 0 Å². The summed E-state index contributed by atoms with van der Waals surface area (Å²) in [6.07, 6.45) is 6.39. The summed E-state index contributed by atoms with van der Waals surface area (Å²) in [4.78, 5) is 2.49. The number of rotatable bonds is 8. The number of ether oxygens (including phenoxy) is 2. The van der Waals surface area contributed by atoms with Gasteiger partial charge in [-0.3, -0.25) is 0 Å². The molecule has 0 aromatic heterocycles. The van der Waals surface area contributed by atoms with Crippen LogP contribution < -0.4 is 5.32 Å². The van der Waals surface area contributed by atoms with Gasteiger partial charge in [-0.05, 0) is 39.2 Å². The maximum Gasteiger partial charge on any atom is 0.0593 e. The Balaban J connectivity index is 1.56. The van der Waals surface area contributed by atoms with Crippen LogP contribution >= 0.6 is 0 Å². The lowest BCUT2D eigenvalue weighted by Crippen LogP contribution is -2.47. The van der Waals surface area contributed by atoms with Crippen LogP contribution in [0.3, 0.4) is 0 Å². The van der Waals surface area contributed by atoms with Crippen LogP contribution in [-0.2, 0) is 9.47 Å². The van der Waals surface area contributed by atoms with E-state index in [4.69, 9.17) is 9.47 Å². The van der Waals surface area contributed by atoms with E-state index in [0.29, 0.717) is 0 Å². The van der Waals surface area contributed by atoms with E-state index in [1.54, 1.807) is 7.11 Å². The van der Waals surface area contributed by atoms with Crippen molar-refractivity contribution in [2.45, 2.75) is 50.2 Å². The fourth-order valence-electron chi connectivity index (χ4n) is 3.19. The first-order chi connectivity index (χ1) is 8.79. The van der Waals surface area contributed by atoms with Crippen molar-refractivity contribution in [2.75, 3.05) is 40.5 Å². The Kier molecular flexibility index (Phi) is 5.89. The van der Waals surface area contributed by atoms with Gasteiger partial charge in [0.05, 0.1) is 6.61 Å². The molecule has 2 saturated heterocycles. The molecule has 0 amide bonds. The number of nitrogens with one attached hydrogen (secondary N) is 1. The Hall–Kier alpha value is -0.160. The molecule has 2 heterocycles. The summed E-state index contributed by atoms with van der Waals surface area (Å²) in [7, 11) is 3.98. The van der Waals surface area contributed by atoms with Crippen molar-refractivity contribution in [1.82, 2.24) is 10.2 Å². The van der Waals surface area contributed by atoms with Crippen molar-refractivity contribution in [3.05, 3.63) is 0 Å². The summed E-state index contributed by atoms with van der Waals surface area (Å²) in [5.41, 5.74) is 0. The molecule has 0 spiro atoms. The van der Waals surface area contributed by atoms with Crippen LogP contribution in [0.2, 0.25) is 0 Å². The smallest absolute Gasteiger partial charge is 0.0593 e. The molecule has 0 aromatic rings.